The van der Waals surface area contributed by atoms with Gasteiger partial charge in [0.25, 0.3) is 5.91 Å². The van der Waals surface area contributed by atoms with Crippen molar-refractivity contribution in [3.63, 3.8) is 0 Å². The summed E-state index contributed by atoms with van der Waals surface area (Å²) in [5.74, 6) is 0.448. The second-order valence-corrected chi connectivity index (χ2v) is 5.46. The molecule has 0 saturated heterocycles. The summed E-state index contributed by atoms with van der Waals surface area (Å²) >= 11 is 0. The molecular formula is C17H18N2O5. The van der Waals surface area contributed by atoms with E-state index in [4.69, 9.17) is 14.2 Å². The zero-order valence-electron chi connectivity index (χ0n) is 13.4. The molecule has 7 nitrogen and oxygen atoms in total. The van der Waals surface area contributed by atoms with Gasteiger partial charge in [0.05, 0.1) is 0 Å². The summed E-state index contributed by atoms with van der Waals surface area (Å²) in [7, 11) is 1.74. The highest BCUT2D eigenvalue weighted by Gasteiger charge is 2.20. The Kier molecular flexibility index (Phi) is 4.41. The summed E-state index contributed by atoms with van der Waals surface area (Å²) in [6, 6.07) is 8.82. The van der Waals surface area contributed by atoms with Gasteiger partial charge < -0.3 is 24.1 Å². The number of carbonyl (C=O) groups is 2. The topological polar surface area (TPSA) is 78.8 Å². The number of fused-ring (bicyclic) bond motifs is 1. The van der Waals surface area contributed by atoms with E-state index in [1.807, 2.05) is 12.1 Å². The van der Waals surface area contributed by atoms with Crippen LogP contribution in [0.25, 0.3) is 0 Å². The van der Waals surface area contributed by atoms with Crippen LogP contribution in [-0.2, 0) is 23.1 Å². The first kappa shape index (κ1) is 15.9. The first-order valence-electron chi connectivity index (χ1n) is 7.53. The maximum Gasteiger partial charge on any atom is 0.355 e. The van der Waals surface area contributed by atoms with Gasteiger partial charge in [0.2, 0.25) is 6.79 Å². The van der Waals surface area contributed by atoms with Gasteiger partial charge in [0.15, 0.2) is 17.6 Å². The number of nitrogens with zero attached hydrogens (tertiary/aromatic N) is 1. The van der Waals surface area contributed by atoms with Gasteiger partial charge in [-0.1, -0.05) is 6.07 Å². The second-order valence-electron chi connectivity index (χ2n) is 5.46. The molecule has 7 heteroatoms. The molecule has 0 bridgehead atoms. The van der Waals surface area contributed by atoms with E-state index in [-0.39, 0.29) is 12.7 Å². The number of nitrogens with one attached hydrogen (secondary N) is 1. The zero-order valence-corrected chi connectivity index (χ0v) is 13.4. The Morgan fingerprint density at radius 2 is 2.08 bits per heavy atom. The Balaban J connectivity index is 1.53. The van der Waals surface area contributed by atoms with Gasteiger partial charge >= 0.3 is 5.97 Å². The Hall–Kier alpha value is -2.96. The molecule has 1 aliphatic rings. The van der Waals surface area contributed by atoms with Crippen LogP contribution in [0.5, 0.6) is 11.5 Å². The van der Waals surface area contributed by atoms with Crippen molar-refractivity contribution in [2.24, 2.45) is 7.05 Å². The Bertz CT molecular complexity index is 768. The maximum atomic E-state index is 12.1. The molecule has 2 aromatic rings. The second kappa shape index (κ2) is 6.66. The van der Waals surface area contributed by atoms with E-state index in [1.165, 1.54) is 6.92 Å². The van der Waals surface area contributed by atoms with Crippen molar-refractivity contribution < 1.29 is 23.8 Å². The van der Waals surface area contributed by atoms with Crippen LogP contribution in [0.15, 0.2) is 36.5 Å². The number of esters is 1. The van der Waals surface area contributed by atoms with Gasteiger partial charge in [0.1, 0.15) is 5.69 Å². The van der Waals surface area contributed by atoms with E-state index in [1.54, 1.807) is 36.0 Å². The molecule has 1 unspecified atom stereocenters. The smallest absolute Gasteiger partial charge is 0.355 e. The Labute approximate surface area is 139 Å². The lowest BCUT2D eigenvalue weighted by Crippen LogP contribution is -2.35. The third-order valence-corrected chi connectivity index (χ3v) is 3.71. The quantitative estimate of drug-likeness (QED) is 0.843. The third kappa shape index (κ3) is 3.34. The maximum absolute atomic E-state index is 12.1. The monoisotopic (exact) mass is 330 g/mol. The highest BCUT2D eigenvalue weighted by atomic mass is 16.7. The van der Waals surface area contributed by atoms with E-state index < -0.39 is 12.1 Å². The van der Waals surface area contributed by atoms with Crippen molar-refractivity contribution in [3.8, 4) is 11.5 Å². The van der Waals surface area contributed by atoms with Gasteiger partial charge in [-0.05, 0) is 36.8 Å². The number of carbonyl (C=O) groups excluding carboxylic acids is 2. The number of benzene rings is 1. The molecular weight excluding hydrogens is 312 g/mol. The first-order valence-corrected chi connectivity index (χ1v) is 7.53. The number of hydrogen-bond acceptors (Lipinski definition) is 5. The van der Waals surface area contributed by atoms with Crippen molar-refractivity contribution in [2.75, 3.05) is 6.79 Å². The normalized spacial score (nSPS) is 13.4. The molecule has 0 aliphatic carbocycles. The average Bonchev–Trinajstić information content (AvgIpc) is 3.20. The first-order chi connectivity index (χ1) is 11.5. The molecule has 24 heavy (non-hydrogen) atoms. The Morgan fingerprint density at radius 1 is 1.29 bits per heavy atom. The lowest BCUT2D eigenvalue weighted by atomic mass is 10.2. The van der Waals surface area contributed by atoms with E-state index in [0.717, 1.165) is 5.56 Å². The van der Waals surface area contributed by atoms with Crippen molar-refractivity contribution in [1.29, 1.82) is 0 Å². The average molecular weight is 330 g/mol. The summed E-state index contributed by atoms with van der Waals surface area (Å²) in [6.45, 7) is 2.05. The number of aromatic nitrogens is 1. The molecule has 1 aliphatic heterocycles. The molecule has 1 N–H and O–H groups in total. The molecule has 1 aromatic carbocycles. The summed E-state index contributed by atoms with van der Waals surface area (Å²) in [5, 5.41) is 2.74. The molecule has 1 aromatic heterocycles. The zero-order chi connectivity index (χ0) is 17.1. The molecule has 0 saturated carbocycles. The molecule has 0 spiro atoms. The molecule has 3 rings (SSSR count). The standard InChI is InChI=1S/C17H18N2O5/c1-11(24-17(21)13-4-3-7-19(13)2)16(20)18-9-12-5-6-14-15(8-12)23-10-22-14/h3-8,11H,9-10H2,1-2H3,(H,18,20). The summed E-state index contributed by atoms with van der Waals surface area (Å²) < 4.78 is 17.4. The van der Waals surface area contributed by atoms with Crippen LogP contribution in [0.4, 0.5) is 0 Å². The summed E-state index contributed by atoms with van der Waals surface area (Å²) in [5.41, 5.74) is 1.26. The minimum absolute atomic E-state index is 0.206. The van der Waals surface area contributed by atoms with E-state index >= 15 is 0 Å². The van der Waals surface area contributed by atoms with Gasteiger partial charge in [0, 0.05) is 19.8 Å². The summed E-state index contributed by atoms with van der Waals surface area (Å²) in [4.78, 5) is 24.1. The predicted octanol–water partition coefficient (Wildman–Crippen LogP) is 1.62. The van der Waals surface area contributed by atoms with Crippen LogP contribution in [-0.4, -0.2) is 29.3 Å². The van der Waals surface area contributed by atoms with E-state index in [0.29, 0.717) is 23.7 Å². The highest BCUT2D eigenvalue weighted by molar-refractivity contribution is 5.90. The van der Waals surface area contributed by atoms with Crippen molar-refractivity contribution in [3.05, 3.63) is 47.8 Å². The molecule has 0 fully saturated rings. The van der Waals surface area contributed by atoms with Crippen LogP contribution in [0.1, 0.15) is 23.0 Å². The van der Waals surface area contributed by atoms with Crippen molar-refractivity contribution in [1.82, 2.24) is 9.88 Å². The number of ether oxygens (including phenoxy) is 3. The van der Waals surface area contributed by atoms with Gasteiger partial charge in [-0.3, -0.25) is 4.79 Å². The molecule has 1 amide bonds. The highest BCUT2D eigenvalue weighted by Crippen LogP contribution is 2.32. The summed E-state index contributed by atoms with van der Waals surface area (Å²) in [6.07, 6.45) is 0.849. The molecule has 2 heterocycles. The fourth-order valence-electron chi connectivity index (χ4n) is 2.33. The minimum Gasteiger partial charge on any atom is -0.454 e. The minimum atomic E-state index is -0.888. The van der Waals surface area contributed by atoms with Crippen molar-refractivity contribution in [2.45, 2.75) is 19.6 Å². The largest absolute Gasteiger partial charge is 0.454 e. The predicted molar refractivity (Wildman–Crippen MR) is 84.7 cm³/mol. The van der Waals surface area contributed by atoms with E-state index in [9.17, 15) is 9.59 Å². The van der Waals surface area contributed by atoms with E-state index in [2.05, 4.69) is 5.32 Å². The fourth-order valence-corrected chi connectivity index (χ4v) is 2.33. The molecule has 126 valence electrons. The van der Waals surface area contributed by atoms with Crippen LogP contribution < -0.4 is 14.8 Å². The SMILES string of the molecule is CC(OC(=O)c1cccn1C)C(=O)NCc1ccc2c(c1)OCO2. The van der Waals surface area contributed by atoms with Gasteiger partial charge in [-0.15, -0.1) is 0 Å². The lowest BCUT2D eigenvalue weighted by molar-refractivity contribution is -0.129. The van der Waals surface area contributed by atoms with Gasteiger partial charge in [-0.25, -0.2) is 4.79 Å². The van der Waals surface area contributed by atoms with Crippen LogP contribution >= 0.6 is 0 Å². The van der Waals surface area contributed by atoms with Gasteiger partial charge in [-0.2, -0.15) is 0 Å². The number of aryl methyl sites for hydroxylation is 1. The van der Waals surface area contributed by atoms with Crippen molar-refractivity contribution >= 4 is 11.9 Å². The lowest BCUT2D eigenvalue weighted by Gasteiger charge is -2.14. The number of rotatable bonds is 5. The number of amides is 1. The Morgan fingerprint density at radius 3 is 2.83 bits per heavy atom. The molecule has 0 radical (unpaired) electrons. The molecule has 1 atom stereocenters. The third-order valence-electron chi connectivity index (χ3n) is 3.71. The van der Waals surface area contributed by atoms with Crippen LogP contribution in [0, 0.1) is 0 Å². The van der Waals surface area contributed by atoms with Crippen LogP contribution in [0.3, 0.4) is 0 Å². The number of hydrogen-bond donors (Lipinski definition) is 1. The fraction of sp³-hybridized carbons (Fsp3) is 0.294. The van der Waals surface area contributed by atoms with Crippen LogP contribution in [0.2, 0.25) is 0 Å².